The first-order chi connectivity index (χ1) is 12.4. The largest absolute Gasteiger partial charge is 0.453 e. The van der Waals surface area contributed by atoms with Crippen molar-refractivity contribution in [2.75, 3.05) is 13.2 Å². The number of halogens is 6. The minimum Gasteiger partial charge on any atom is -0.362 e. The summed E-state index contributed by atoms with van der Waals surface area (Å²) in [5.74, 6) is -9.77. The summed E-state index contributed by atoms with van der Waals surface area (Å²) in [6, 6.07) is 0. The van der Waals surface area contributed by atoms with Crippen LogP contribution in [0.5, 0.6) is 0 Å². The molecule has 0 rings (SSSR count). The van der Waals surface area contributed by atoms with Crippen LogP contribution in [0.15, 0.2) is 12.4 Å². The zero-order valence-corrected chi connectivity index (χ0v) is 14.7. The Bertz CT molecular complexity index is 709. The number of hydrogen-bond acceptors (Lipinski definition) is 7. The SMILES string of the molecule is C=C(F)C(O)OC(OCCC(F)(F)S(=O)(=O)O)(C(=O)NCC(C)=O)C(F)(F)F. The molecule has 0 aliphatic heterocycles. The van der Waals surface area contributed by atoms with Crippen molar-refractivity contribution in [2.45, 2.75) is 36.9 Å². The third kappa shape index (κ3) is 6.69. The van der Waals surface area contributed by atoms with E-state index in [1.54, 1.807) is 0 Å². The molecule has 9 nitrogen and oxygen atoms in total. The molecule has 0 spiro atoms. The van der Waals surface area contributed by atoms with Crippen molar-refractivity contribution in [3.8, 4) is 0 Å². The van der Waals surface area contributed by atoms with E-state index >= 15 is 0 Å². The Balaban J connectivity index is 5.87. The van der Waals surface area contributed by atoms with E-state index in [1.165, 1.54) is 5.32 Å². The molecule has 2 unspecified atom stereocenters. The van der Waals surface area contributed by atoms with Crippen molar-refractivity contribution in [3.05, 3.63) is 12.4 Å². The molecule has 0 aromatic rings. The second-order valence-corrected chi connectivity index (χ2v) is 6.67. The van der Waals surface area contributed by atoms with Crippen LogP contribution in [0.25, 0.3) is 0 Å². The number of aliphatic hydroxyl groups is 1. The minimum atomic E-state index is -6.04. The number of nitrogens with one attached hydrogen (secondary N) is 1. The van der Waals surface area contributed by atoms with E-state index in [2.05, 4.69) is 16.1 Å². The van der Waals surface area contributed by atoms with Crippen LogP contribution in [0, 0.1) is 0 Å². The fourth-order valence-corrected chi connectivity index (χ4v) is 1.76. The van der Waals surface area contributed by atoms with Crippen molar-refractivity contribution < 1.29 is 63.5 Å². The molecule has 0 saturated heterocycles. The second-order valence-electron chi connectivity index (χ2n) is 5.13. The van der Waals surface area contributed by atoms with E-state index in [1.807, 2.05) is 0 Å². The number of aliphatic hydroxyl groups excluding tert-OH is 1. The Morgan fingerprint density at radius 2 is 1.71 bits per heavy atom. The maximum absolute atomic E-state index is 13.4. The van der Waals surface area contributed by atoms with Crippen molar-refractivity contribution in [1.82, 2.24) is 5.32 Å². The Kier molecular flexibility index (Phi) is 8.59. The smallest absolute Gasteiger partial charge is 0.362 e. The molecule has 0 radical (unpaired) electrons. The molecule has 0 fully saturated rings. The quantitative estimate of drug-likeness (QED) is 0.239. The standard InChI is InChI=1S/C12H15F6NO8S/c1-6(20)5-19-9(22)11(12(16,17)18,27-8(21)7(2)13)26-4-3-10(14,15)28(23,24)25/h8,21H,2-5H2,1H3,(H,19,22)(H,23,24,25). The number of alkyl halides is 5. The summed E-state index contributed by atoms with van der Waals surface area (Å²) < 4.78 is 116. The van der Waals surface area contributed by atoms with E-state index in [0.717, 1.165) is 6.92 Å². The molecule has 16 heteroatoms. The predicted octanol–water partition coefficient (Wildman–Crippen LogP) is 0.656. The van der Waals surface area contributed by atoms with Gasteiger partial charge in [0.2, 0.25) is 6.29 Å². The van der Waals surface area contributed by atoms with Gasteiger partial charge in [0.1, 0.15) is 11.6 Å². The first-order valence-corrected chi connectivity index (χ1v) is 8.35. The number of rotatable bonds is 11. The third-order valence-electron chi connectivity index (χ3n) is 2.79. The second kappa shape index (κ2) is 9.17. The van der Waals surface area contributed by atoms with Gasteiger partial charge in [0.25, 0.3) is 5.91 Å². The van der Waals surface area contributed by atoms with Gasteiger partial charge in [-0.25, -0.2) is 4.39 Å². The van der Waals surface area contributed by atoms with Gasteiger partial charge < -0.3 is 15.2 Å². The molecule has 0 saturated carbocycles. The molecule has 28 heavy (non-hydrogen) atoms. The first kappa shape index (κ1) is 26.2. The molecule has 3 N–H and O–H groups in total. The highest BCUT2D eigenvalue weighted by Crippen LogP contribution is 2.38. The van der Waals surface area contributed by atoms with Gasteiger partial charge in [0.05, 0.1) is 19.6 Å². The molecule has 0 aliphatic carbocycles. The third-order valence-corrected chi connectivity index (χ3v) is 3.75. The average Bonchev–Trinajstić information content (AvgIpc) is 2.48. The lowest BCUT2D eigenvalue weighted by Gasteiger charge is -2.35. The van der Waals surface area contributed by atoms with Crippen LogP contribution in [0.3, 0.4) is 0 Å². The van der Waals surface area contributed by atoms with Crippen LogP contribution in [0.2, 0.25) is 0 Å². The molecular formula is C12H15F6NO8S. The maximum Gasteiger partial charge on any atom is 0.453 e. The van der Waals surface area contributed by atoms with Gasteiger partial charge in [-0.15, -0.1) is 0 Å². The number of amides is 1. The number of Topliss-reactive ketones (excluding diaryl/α,β-unsaturated/α-hetero) is 1. The van der Waals surface area contributed by atoms with Crippen molar-refractivity contribution in [1.29, 1.82) is 0 Å². The van der Waals surface area contributed by atoms with Crippen LogP contribution >= 0.6 is 0 Å². The highest BCUT2D eigenvalue weighted by Gasteiger charge is 2.65. The monoisotopic (exact) mass is 447 g/mol. The molecule has 164 valence electrons. The normalized spacial score (nSPS) is 16.2. The van der Waals surface area contributed by atoms with Gasteiger partial charge in [-0.05, 0) is 6.92 Å². The number of ketones is 1. The van der Waals surface area contributed by atoms with Gasteiger partial charge in [0.15, 0.2) is 0 Å². The molecule has 0 bridgehead atoms. The summed E-state index contributed by atoms with van der Waals surface area (Å²) in [4.78, 5) is 22.7. The predicted molar refractivity (Wildman–Crippen MR) is 76.9 cm³/mol. The van der Waals surface area contributed by atoms with E-state index in [4.69, 9.17) is 9.66 Å². The van der Waals surface area contributed by atoms with E-state index in [0.29, 0.717) is 0 Å². The summed E-state index contributed by atoms with van der Waals surface area (Å²) >= 11 is 0. The number of ether oxygens (including phenoxy) is 2. The van der Waals surface area contributed by atoms with E-state index in [9.17, 15) is 44.3 Å². The Hall–Kier alpha value is -1.75. The van der Waals surface area contributed by atoms with Crippen LogP contribution in [-0.2, 0) is 29.2 Å². The number of carbonyl (C=O) groups is 2. The average molecular weight is 447 g/mol. The molecule has 1 amide bonds. The molecule has 2 atom stereocenters. The highest BCUT2D eigenvalue weighted by atomic mass is 32.2. The van der Waals surface area contributed by atoms with E-state index in [-0.39, 0.29) is 0 Å². The number of carbonyl (C=O) groups excluding carboxylic acids is 2. The maximum atomic E-state index is 13.4. The highest BCUT2D eigenvalue weighted by molar-refractivity contribution is 7.86. The topological polar surface area (TPSA) is 139 Å². The fourth-order valence-electron chi connectivity index (χ4n) is 1.42. The molecular weight excluding hydrogens is 432 g/mol. The summed E-state index contributed by atoms with van der Waals surface area (Å²) in [5.41, 5.74) is 0. The lowest BCUT2D eigenvalue weighted by molar-refractivity contribution is -0.386. The Labute approximate surface area is 154 Å². The minimum absolute atomic E-state index is 0.849. The summed E-state index contributed by atoms with van der Waals surface area (Å²) in [5, 5.41) is 5.54. The van der Waals surface area contributed by atoms with Crippen molar-refractivity contribution >= 4 is 21.8 Å². The van der Waals surface area contributed by atoms with E-state index < -0.39 is 70.7 Å². The molecule has 0 heterocycles. The van der Waals surface area contributed by atoms with Gasteiger partial charge in [-0.3, -0.25) is 18.9 Å². The molecule has 0 aliphatic rings. The summed E-state index contributed by atoms with van der Waals surface area (Å²) in [6.45, 7) is 0.373. The van der Waals surface area contributed by atoms with Gasteiger partial charge in [-0.2, -0.15) is 30.4 Å². The van der Waals surface area contributed by atoms with Crippen LogP contribution in [0.4, 0.5) is 26.3 Å². The van der Waals surface area contributed by atoms with Crippen LogP contribution in [-0.4, -0.2) is 66.4 Å². The van der Waals surface area contributed by atoms with Crippen LogP contribution < -0.4 is 5.32 Å². The molecule has 0 aromatic heterocycles. The molecule has 0 aromatic carbocycles. The zero-order chi connectivity index (χ0) is 22.6. The Morgan fingerprint density at radius 3 is 2.07 bits per heavy atom. The zero-order valence-electron chi connectivity index (χ0n) is 13.9. The van der Waals surface area contributed by atoms with Crippen molar-refractivity contribution in [3.63, 3.8) is 0 Å². The van der Waals surface area contributed by atoms with Gasteiger partial charge >= 0.3 is 27.3 Å². The Morgan fingerprint density at radius 1 is 1.21 bits per heavy atom. The lowest BCUT2D eigenvalue weighted by Crippen LogP contribution is -2.62. The lowest BCUT2D eigenvalue weighted by atomic mass is 10.2. The number of hydrogen-bond donors (Lipinski definition) is 3. The van der Waals surface area contributed by atoms with Gasteiger partial charge in [0, 0.05) is 0 Å². The van der Waals surface area contributed by atoms with Crippen LogP contribution in [0.1, 0.15) is 13.3 Å². The van der Waals surface area contributed by atoms with Crippen molar-refractivity contribution in [2.24, 2.45) is 0 Å². The first-order valence-electron chi connectivity index (χ1n) is 6.91. The fraction of sp³-hybridized carbons (Fsp3) is 0.667. The van der Waals surface area contributed by atoms with Gasteiger partial charge in [-0.1, -0.05) is 6.58 Å². The summed E-state index contributed by atoms with van der Waals surface area (Å²) in [7, 11) is -6.04. The summed E-state index contributed by atoms with van der Waals surface area (Å²) in [6.07, 6.45) is -11.1.